The van der Waals surface area contributed by atoms with Gasteiger partial charge in [-0.05, 0) is 37.2 Å². The Morgan fingerprint density at radius 1 is 1.24 bits per heavy atom. The minimum atomic E-state index is -4.20. The lowest BCUT2D eigenvalue weighted by atomic mass is 10.2. The first-order valence-corrected chi connectivity index (χ1v) is 6.68. The Morgan fingerprint density at radius 3 is 2.33 bits per heavy atom. The van der Waals surface area contributed by atoms with Crippen LogP contribution in [0.1, 0.15) is 18.9 Å². The maximum absolute atomic E-state index is 12.4. The number of rotatable bonds is 8. The van der Waals surface area contributed by atoms with Crippen LogP contribution in [-0.2, 0) is 0 Å². The molecular formula is C14H20F3N3O. The van der Waals surface area contributed by atoms with Gasteiger partial charge in [0.2, 0.25) is 0 Å². The summed E-state index contributed by atoms with van der Waals surface area (Å²) in [5, 5.41) is 7.25. The Labute approximate surface area is 122 Å². The van der Waals surface area contributed by atoms with Crippen molar-refractivity contribution in [2.24, 2.45) is 5.73 Å². The third-order valence-electron chi connectivity index (χ3n) is 2.78. The maximum atomic E-state index is 12.4. The summed E-state index contributed by atoms with van der Waals surface area (Å²) in [5.74, 6) is 0.504. The van der Waals surface area contributed by atoms with Crippen LogP contribution in [0.25, 0.3) is 0 Å². The van der Waals surface area contributed by atoms with Crippen molar-refractivity contribution in [3.8, 4) is 5.75 Å². The first kappa shape index (κ1) is 17.3. The van der Waals surface area contributed by atoms with Crippen LogP contribution in [0.3, 0.4) is 0 Å². The molecule has 0 amide bonds. The number of nitrogens with zero attached hydrogens (tertiary/aromatic N) is 1. The molecule has 0 heterocycles. The minimum Gasteiger partial charge on any atom is -0.492 e. The summed E-state index contributed by atoms with van der Waals surface area (Å²) < 4.78 is 42.6. The molecule has 0 saturated heterocycles. The molecule has 0 aliphatic carbocycles. The maximum Gasteiger partial charge on any atom is 0.401 e. The summed E-state index contributed by atoms with van der Waals surface area (Å²) in [5.41, 5.74) is 5.90. The fourth-order valence-corrected chi connectivity index (χ4v) is 1.86. The molecule has 0 bridgehead atoms. The van der Waals surface area contributed by atoms with E-state index in [1.165, 1.54) is 4.90 Å². The number of amidine groups is 1. The zero-order valence-corrected chi connectivity index (χ0v) is 11.9. The molecule has 118 valence electrons. The van der Waals surface area contributed by atoms with Gasteiger partial charge in [0.05, 0.1) is 6.54 Å². The molecule has 0 aliphatic heterocycles. The van der Waals surface area contributed by atoms with Crippen LogP contribution in [0.2, 0.25) is 0 Å². The topological polar surface area (TPSA) is 62.3 Å². The van der Waals surface area contributed by atoms with E-state index >= 15 is 0 Å². The van der Waals surface area contributed by atoms with Gasteiger partial charge in [0.25, 0.3) is 0 Å². The SMILES string of the molecule is CCCN(CCOc1ccc(C(=N)N)cc1)CC(F)(F)F. The normalized spacial score (nSPS) is 11.7. The van der Waals surface area contributed by atoms with Crippen molar-refractivity contribution >= 4 is 5.84 Å². The average molecular weight is 303 g/mol. The first-order valence-electron chi connectivity index (χ1n) is 6.68. The number of hydrogen-bond donors (Lipinski definition) is 2. The van der Waals surface area contributed by atoms with Crippen molar-refractivity contribution in [1.82, 2.24) is 4.90 Å². The summed E-state index contributed by atoms with van der Waals surface area (Å²) in [6.45, 7) is 1.68. The number of ether oxygens (including phenoxy) is 1. The van der Waals surface area contributed by atoms with Gasteiger partial charge in [0.1, 0.15) is 18.2 Å². The van der Waals surface area contributed by atoms with Crippen LogP contribution in [-0.4, -0.2) is 43.2 Å². The van der Waals surface area contributed by atoms with Crippen LogP contribution in [0.4, 0.5) is 13.2 Å². The van der Waals surface area contributed by atoms with Crippen molar-refractivity contribution in [2.45, 2.75) is 19.5 Å². The molecule has 1 aromatic carbocycles. The van der Waals surface area contributed by atoms with Gasteiger partial charge in [-0.15, -0.1) is 0 Å². The molecule has 0 unspecified atom stereocenters. The standard InChI is InChI=1S/C14H20F3N3O/c1-2-7-20(10-14(15,16)17)8-9-21-12-5-3-11(4-6-12)13(18)19/h3-6H,2,7-10H2,1H3,(H3,18,19). The van der Waals surface area contributed by atoms with Crippen molar-refractivity contribution < 1.29 is 17.9 Å². The number of nitrogen functional groups attached to an aromatic ring is 1. The summed E-state index contributed by atoms with van der Waals surface area (Å²) in [7, 11) is 0. The third kappa shape index (κ3) is 6.99. The van der Waals surface area contributed by atoms with Crippen molar-refractivity contribution in [2.75, 3.05) is 26.2 Å². The quantitative estimate of drug-likeness (QED) is 0.573. The molecule has 0 fully saturated rings. The molecule has 0 saturated carbocycles. The van der Waals surface area contributed by atoms with E-state index in [1.54, 1.807) is 24.3 Å². The molecule has 0 radical (unpaired) electrons. The van der Waals surface area contributed by atoms with Gasteiger partial charge < -0.3 is 10.5 Å². The fourth-order valence-electron chi connectivity index (χ4n) is 1.86. The molecule has 3 N–H and O–H groups in total. The Kier molecular flexibility index (Phi) is 6.48. The van der Waals surface area contributed by atoms with Crippen molar-refractivity contribution in [3.63, 3.8) is 0 Å². The lowest BCUT2D eigenvalue weighted by Crippen LogP contribution is -2.37. The number of alkyl halides is 3. The predicted octanol–water partition coefficient (Wildman–Crippen LogP) is 2.62. The molecule has 4 nitrogen and oxygen atoms in total. The largest absolute Gasteiger partial charge is 0.492 e. The number of hydrogen-bond acceptors (Lipinski definition) is 3. The van der Waals surface area contributed by atoms with Crippen LogP contribution in [0, 0.1) is 5.41 Å². The Hall–Kier alpha value is -1.76. The van der Waals surface area contributed by atoms with Crippen LogP contribution < -0.4 is 10.5 Å². The summed E-state index contributed by atoms with van der Waals surface area (Å²) >= 11 is 0. The number of benzene rings is 1. The van der Waals surface area contributed by atoms with E-state index in [4.69, 9.17) is 15.9 Å². The fraction of sp³-hybridized carbons (Fsp3) is 0.500. The number of nitrogens with two attached hydrogens (primary N) is 1. The Morgan fingerprint density at radius 2 is 1.86 bits per heavy atom. The second kappa shape index (κ2) is 7.87. The molecule has 0 atom stereocenters. The monoisotopic (exact) mass is 303 g/mol. The van der Waals surface area contributed by atoms with E-state index in [-0.39, 0.29) is 19.0 Å². The second-order valence-corrected chi connectivity index (χ2v) is 4.68. The Balaban J connectivity index is 2.44. The highest BCUT2D eigenvalue weighted by Crippen LogP contribution is 2.17. The van der Waals surface area contributed by atoms with Crippen molar-refractivity contribution in [1.29, 1.82) is 5.41 Å². The van der Waals surface area contributed by atoms with E-state index in [0.717, 1.165) is 0 Å². The lowest BCUT2D eigenvalue weighted by Gasteiger charge is -2.23. The van der Waals surface area contributed by atoms with E-state index in [9.17, 15) is 13.2 Å². The molecule has 1 aromatic rings. The van der Waals surface area contributed by atoms with Crippen molar-refractivity contribution in [3.05, 3.63) is 29.8 Å². The van der Waals surface area contributed by atoms with Gasteiger partial charge in [0, 0.05) is 12.1 Å². The van der Waals surface area contributed by atoms with Gasteiger partial charge in [-0.1, -0.05) is 6.92 Å². The lowest BCUT2D eigenvalue weighted by molar-refractivity contribution is -0.146. The predicted molar refractivity (Wildman–Crippen MR) is 75.7 cm³/mol. The van der Waals surface area contributed by atoms with E-state index in [2.05, 4.69) is 0 Å². The minimum absolute atomic E-state index is 0.0409. The number of nitrogens with one attached hydrogen (secondary N) is 1. The molecule has 0 aliphatic rings. The van der Waals surface area contributed by atoms with E-state index < -0.39 is 12.7 Å². The summed E-state index contributed by atoms with van der Waals surface area (Å²) in [6, 6.07) is 6.56. The van der Waals surface area contributed by atoms with Gasteiger partial charge >= 0.3 is 6.18 Å². The van der Waals surface area contributed by atoms with E-state index in [0.29, 0.717) is 24.3 Å². The van der Waals surface area contributed by atoms with Gasteiger partial charge in [0.15, 0.2) is 0 Å². The molecule has 1 rings (SSSR count). The zero-order valence-electron chi connectivity index (χ0n) is 11.9. The summed E-state index contributed by atoms with van der Waals surface area (Å²) in [6.07, 6.45) is -3.54. The molecule has 0 spiro atoms. The molecular weight excluding hydrogens is 283 g/mol. The van der Waals surface area contributed by atoms with Crippen LogP contribution in [0.5, 0.6) is 5.75 Å². The molecule has 0 aromatic heterocycles. The van der Waals surface area contributed by atoms with Gasteiger partial charge in [-0.25, -0.2) is 0 Å². The summed E-state index contributed by atoms with van der Waals surface area (Å²) in [4.78, 5) is 1.32. The van der Waals surface area contributed by atoms with Gasteiger partial charge in [-0.3, -0.25) is 10.3 Å². The Bertz CT molecular complexity index is 446. The number of halogens is 3. The smallest absolute Gasteiger partial charge is 0.401 e. The second-order valence-electron chi connectivity index (χ2n) is 4.68. The van der Waals surface area contributed by atoms with E-state index in [1.807, 2.05) is 6.92 Å². The highest BCUT2D eigenvalue weighted by atomic mass is 19.4. The highest BCUT2D eigenvalue weighted by molar-refractivity contribution is 5.94. The third-order valence-corrected chi connectivity index (χ3v) is 2.78. The van der Waals surface area contributed by atoms with Gasteiger partial charge in [-0.2, -0.15) is 13.2 Å². The zero-order chi connectivity index (χ0) is 15.9. The first-order chi connectivity index (χ1) is 9.81. The molecule has 7 heteroatoms. The average Bonchev–Trinajstić information content (AvgIpc) is 2.37. The van der Waals surface area contributed by atoms with Crippen LogP contribution in [0.15, 0.2) is 24.3 Å². The molecule has 21 heavy (non-hydrogen) atoms. The van der Waals surface area contributed by atoms with Crippen LogP contribution >= 0.6 is 0 Å². The highest BCUT2D eigenvalue weighted by Gasteiger charge is 2.30.